The fourth-order valence-electron chi connectivity index (χ4n) is 1.56. The van der Waals surface area contributed by atoms with E-state index in [-0.39, 0.29) is 16.4 Å². The molecule has 0 saturated heterocycles. The van der Waals surface area contributed by atoms with Gasteiger partial charge in [0.1, 0.15) is 11.0 Å². The van der Waals surface area contributed by atoms with E-state index in [1.807, 2.05) is 0 Å². The molecular weight excluding hydrogens is 230 g/mol. The number of benzene rings is 1. The number of nitro groups is 1. The van der Waals surface area contributed by atoms with Crippen LogP contribution in [0.1, 0.15) is 11.4 Å². The second kappa shape index (κ2) is 3.68. The molecule has 0 spiro atoms. The van der Waals surface area contributed by atoms with Gasteiger partial charge in [-0.15, -0.1) is 0 Å². The molecule has 1 aromatic carbocycles. The topological polar surface area (TPSA) is 68.9 Å². The van der Waals surface area contributed by atoms with Crippen LogP contribution in [0.4, 0.5) is 5.69 Å². The van der Waals surface area contributed by atoms with E-state index in [2.05, 4.69) is 9.97 Å². The van der Waals surface area contributed by atoms with Crippen molar-refractivity contribution in [1.29, 1.82) is 0 Å². The predicted molar refractivity (Wildman–Crippen MR) is 60.7 cm³/mol. The fraction of sp³-hybridized carbons (Fsp3) is 0.200. The Morgan fingerprint density at radius 1 is 1.31 bits per heavy atom. The highest BCUT2D eigenvalue weighted by atomic mass is 35.5. The molecule has 0 saturated carbocycles. The van der Waals surface area contributed by atoms with E-state index < -0.39 is 4.92 Å². The number of halogens is 1. The third kappa shape index (κ3) is 1.69. The molecular formula is C10H8ClN3O2. The molecule has 1 heterocycles. The van der Waals surface area contributed by atoms with Crippen molar-refractivity contribution in [2.24, 2.45) is 0 Å². The lowest BCUT2D eigenvalue weighted by Gasteiger charge is -2.03. The van der Waals surface area contributed by atoms with Gasteiger partial charge >= 0.3 is 0 Å². The Morgan fingerprint density at radius 2 is 2.00 bits per heavy atom. The number of aromatic nitrogens is 2. The van der Waals surface area contributed by atoms with E-state index in [0.29, 0.717) is 11.2 Å². The van der Waals surface area contributed by atoms with Crippen LogP contribution in [0.3, 0.4) is 0 Å². The zero-order valence-electron chi connectivity index (χ0n) is 8.69. The molecule has 5 nitrogen and oxygen atoms in total. The monoisotopic (exact) mass is 237 g/mol. The Bertz CT molecular complexity index is 598. The van der Waals surface area contributed by atoms with Gasteiger partial charge in [-0.1, -0.05) is 11.6 Å². The third-order valence-electron chi connectivity index (χ3n) is 2.19. The lowest BCUT2D eigenvalue weighted by atomic mass is 10.1. The minimum atomic E-state index is -0.460. The normalized spacial score (nSPS) is 10.7. The molecule has 0 radical (unpaired) electrons. The molecule has 1 aromatic heterocycles. The molecule has 6 heteroatoms. The Morgan fingerprint density at radius 3 is 2.62 bits per heavy atom. The zero-order valence-corrected chi connectivity index (χ0v) is 9.45. The number of nitrogens with zero attached hydrogens (tertiary/aromatic N) is 3. The molecule has 0 amide bonds. The van der Waals surface area contributed by atoms with Gasteiger partial charge in [-0.25, -0.2) is 9.97 Å². The predicted octanol–water partition coefficient (Wildman–Crippen LogP) is 2.81. The maximum absolute atomic E-state index is 10.9. The standard InChI is InChI=1S/C10H8ClN3O2/c1-5-3-7-9(8(4-5)14(15)16)12-6(2)13-10(7)11/h3-4H,1-2H3. The third-order valence-corrected chi connectivity index (χ3v) is 2.47. The largest absolute Gasteiger partial charge is 0.295 e. The van der Waals surface area contributed by atoms with Gasteiger partial charge < -0.3 is 0 Å². The summed E-state index contributed by atoms with van der Waals surface area (Å²) in [6, 6.07) is 3.22. The number of hydrogen-bond donors (Lipinski definition) is 0. The van der Waals surface area contributed by atoms with E-state index in [0.717, 1.165) is 5.56 Å². The van der Waals surface area contributed by atoms with Crippen LogP contribution in [0.15, 0.2) is 12.1 Å². The van der Waals surface area contributed by atoms with E-state index in [1.165, 1.54) is 6.07 Å². The van der Waals surface area contributed by atoms with Crippen LogP contribution in [0.2, 0.25) is 5.15 Å². The van der Waals surface area contributed by atoms with Crippen LogP contribution in [-0.4, -0.2) is 14.9 Å². The van der Waals surface area contributed by atoms with Crippen molar-refractivity contribution in [3.63, 3.8) is 0 Å². The van der Waals surface area contributed by atoms with Crippen LogP contribution in [-0.2, 0) is 0 Å². The van der Waals surface area contributed by atoms with Crippen molar-refractivity contribution in [2.45, 2.75) is 13.8 Å². The molecule has 82 valence electrons. The SMILES string of the molecule is Cc1cc([N+](=O)[O-])c2nc(C)nc(Cl)c2c1. The van der Waals surface area contributed by atoms with E-state index >= 15 is 0 Å². The van der Waals surface area contributed by atoms with Crippen LogP contribution < -0.4 is 0 Å². The van der Waals surface area contributed by atoms with Gasteiger partial charge in [0.2, 0.25) is 0 Å². The van der Waals surface area contributed by atoms with Gasteiger partial charge in [0.25, 0.3) is 5.69 Å². The molecule has 16 heavy (non-hydrogen) atoms. The summed E-state index contributed by atoms with van der Waals surface area (Å²) < 4.78 is 0. The van der Waals surface area contributed by atoms with Gasteiger partial charge in [0, 0.05) is 11.5 Å². The van der Waals surface area contributed by atoms with E-state index in [1.54, 1.807) is 19.9 Å². The highest BCUT2D eigenvalue weighted by molar-refractivity contribution is 6.34. The highest BCUT2D eigenvalue weighted by Crippen LogP contribution is 2.29. The van der Waals surface area contributed by atoms with Gasteiger partial charge in [0.15, 0.2) is 5.52 Å². The average Bonchev–Trinajstić information content (AvgIpc) is 2.18. The number of hydrogen-bond acceptors (Lipinski definition) is 4. The van der Waals surface area contributed by atoms with E-state index in [9.17, 15) is 10.1 Å². The second-order valence-electron chi connectivity index (χ2n) is 3.50. The number of aryl methyl sites for hydroxylation is 2. The zero-order chi connectivity index (χ0) is 11.9. The number of nitro benzene ring substituents is 1. The van der Waals surface area contributed by atoms with Crippen LogP contribution in [0, 0.1) is 24.0 Å². The first-order valence-corrected chi connectivity index (χ1v) is 4.95. The quantitative estimate of drug-likeness (QED) is 0.434. The number of non-ortho nitro benzene ring substituents is 1. The Balaban J connectivity index is 2.95. The molecule has 0 aliphatic heterocycles. The fourth-order valence-corrected chi connectivity index (χ4v) is 1.83. The smallest absolute Gasteiger partial charge is 0.258 e. The average molecular weight is 238 g/mol. The summed E-state index contributed by atoms with van der Waals surface area (Å²) in [7, 11) is 0. The Labute approximate surface area is 96.2 Å². The van der Waals surface area contributed by atoms with Gasteiger partial charge in [-0.3, -0.25) is 10.1 Å². The van der Waals surface area contributed by atoms with Crippen molar-refractivity contribution in [3.8, 4) is 0 Å². The van der Waals surface area contributed by atoms with Gasteiger partial charge in [-0.05, 0) is 25.5 Å². The van der Waals surface area contributed by atoms with Crippen molar-refractivity contribution < 1.29 is 4.92 Å². The van der Waals surface area contributed by atoms with Crippen LogP contribution in [0.5, 0.6) is 0 Å². The summed E-state index contributed by atoms with van der Waals surface area (Å²) in [5, 5.41) is 11.6. The summed E-state index contributed by atoms with van der Waals surface area (Å²) in [5.41, 5.74) is 1.00. The van der Waals surface area contributed by atoms with Crippen LogP contribution >= 0.6 is 11.6 Å². The molecule has 0 fully saturated rings. The van der Waals surface area contributed by atoms with Crippen molar-refractivity contribution >= 4 is 28.2 Å². The molecule has 0 N–H and O–H groups in total. The first-order valence-electron chi connectivity index (χ1n) is 4.58. The minimum Gasteiger partial charge on any atom is -0.258 e. The summed E-state index contributed by atoms with van der Waals surface area (Å²) >= 11 is 5.94. The summed E-state index contributed by atoms with van der Waals surface area (Å²) in [4.78, 5) is 18.5. The highest BCUT2D eigenvalue weighted by Gasteiger charge is 2.17. The maximum Gasteiger partial charge on any atom is 0.295 e. The van der Waals surface area contributed by atoms with Crippen LogP contribution in [0.25, 0.3) is 10.9 Å². The molecule has 0 bridgehead atoms. The second-order valence-corrected chi connectivity index (χ2v) is 3.86. The molecule has 0 atom stereocenters. The molecule has 0 unspecified atom stereocenters. The lowest BCUT2D eigenvalue weighted by molar-refractivity contribution is -0.383. The first-order chi connectivity index (χ1) is 7.49. The number of fused-ring (bicyclic) bond motifs is 1. The molecule has 0 aliphatic rings. The van der Waals surface area contributed by atoms with Crippen molar-refractivity contribution in [3.05, 3.63) is 38.8 Å². The molecule has 2 aromatic rings. The molecule has 0 aliphatic carbocycles. The molecule has 2 rings (SSSR count). The summed E-state index contributed by atoms with van der Waals surface area (Å²) in [6.45, 7) is 3.41. The van der Waals surface area contributed by atoms with Crippen molar-refractivity contribution in [1.82, 2.24) is 9.97 Å². The Hall–Kier alpha value is -1.75. The minimum absolute atomic E-state index is 0.0394. The van der Waals surface area contributed by atoms with Gasteiger partial charge in [0.05, 0.1) is 4.92 Å². The van der Waals surface area contributed by atoms with Crippen molar-refractivity contribution in [2.75, 3.05) is 0 Å². The lowest BCUT2D eigenvalue weighted by Crippen LogP contribution is -1.96. The maximum atomic E-state index is 10.9. The first kappa shape index (κ1) is 10.8. The van der Waals surface area contributed by atoms with E-state index in [4.69, 9.17) is 11.6 Å². The summed E-state index contributed by atoms with van der Waals surface area (Å²) in [6.07, 6.45) is 0. The van der Waals surface area contributed by atoms with Gasteiger partial charge in [-0.2, -0.15) is 0 Å². The summed E-state index contributed by atoms with van der Waals surface area (Å²) in [5.74, 6) is 0.421. The number of rotatable bonds is 1. The Kier molecular flexibility index (Phi) is 2.47.